The van der Waals surface area contributed by atoms with Crippen molar-refractivity contribution in [1.82, 2.24) is 15.2 Å². The molecule has 0 unspecified atom stereocenters. The highest BCUT2D eigenvalue weighted by atomic mass is 35.5. The van der Waals surface area contributed by atoms with Crippen molar-refractivity contribution in [3.8, 4) is 0 Å². The third kappa shape index (κ3) is 4.30. The van der Waals surface area contributed by atoms with E-state index in [2.05, 4.69) is 10.3 Å². The second kappa shape index (κ2) is 8.16. The molecule has 1 aromatic carbocycles. The van der Waals surface area contributed by atoms with Gasteiger partial charge in [0.05, 0.1) is 10.5 Å². The van der Waals surface area contributed by atoms with Gasteiger partial charge in [0, 0.05) is 30.5 Å². The zero-order chi connectivity index (χ0) is 18.5. The number of thioether (sulfide) groups is 1. The van der Waals surface area contributed by atoms with Gasteiger partial charge in [-0.25, -0.2) is 0 Å². The van der Waals surface area contributed by atoms with Gasteiger partial charge in [-0.3, -0.25) is 24.3 Å². The number of benzene rings is 1. The Morgan fingerprint density at radius 1 is 1.23 bits per heavy atom. The van der Waals surface area contributed by atoms with Gasteiger partial charge in [-0.2, -0.15) is 0 Å². The smallest absolute Gasteiger partial charge is 0.293 e. The van der Waals surface area contributed by atoms with Crippen LogP contribution in [-0.2, 0) is 4.79 Å². The van der Waals surface area contributed by atoms with Crippen molar-refractivity contribution in [2.45, 2.75) is 0 Å². The van der Waals surface area contributed by atoms with Crippen LogP contribution in [0.25, 0.3) is 6.08 Å². The van der Waals surface area contributed by atoms with E-state index in [1.165, 1.54) is 6.20 Å². The van der Waals surface area contributed by atoms with E-state index in [0.29, 0.717) is 15.5 Å². The van der Waals surface area contributed by atoms with Crippen LogP contribution in [-0.4, -0.2) is 40.0 Å². The summed E-state index contributed by atoms with van der Waals surface area (Å²) in [5.41, 5.74) is 1.20. The minimum absolute atomic E-state index is 0.106. The Bertz CT molecular complexity index is 869. The molecule has 1 fully saturated rings. The van der Waals surface area contributed by atoms with Crippen LogP contribution in [0.2, 0.25) is 5.02 Å². The fourth-order valence-electron chi connectivity index (χ4n) is 2.28. The maximum absolute atomic E-state index is 12.4. The first-order chi connectivity index (χ1) is 12.5. The first-order valence-electron chi connectivity index (χ1n) is 7.74. The molecule has 1 saturated heterocycles. The summed E-state index contributed by atoms with van der Waals surface area (Å²) in [5, 5.41) is 2.91. The molecular weight excluding hydrogens is 374 g/mol. The molecule has 0 radical (unpaired) electrons. The molecule has 0 atom stereocenters. The number of pyridine rings is 1. The molecular formula is C18H14ClN3O3S. The maximum atomic E-state index is 12.4. The molecule has 1 aromatic heterocycles. The van der Waals surface area contributed by atoms with Crippen LogP contribution >= 0.6 is 23.4 Å². The number of aromatic nitrogens is 1. The summed E-state index contributed by atoms with van der Waals surface area (Å²) in [6, 6.07) is 10.3. The highest BCUT2D eigenvalue weighted by Gasteiger charge is 2.34. The van der Waals surface area contributed by atoms with Crippen LogP contribution < -0.4 is 5.32 Å². The number of amides is 3. The largest absolute Gasteiger partial charge is 0.350 e. The van der Waals surface area contributed by atoms with Crippen LogP contribution in [0.15, 0.2) is 53.7 Å². The predicted molar refractivity (Wildman–Crippen MR) is 101 cm³/mol. The van der Waals surface area contributed by atoms with E-state index >= 15 is 0 Å². The van der Waals surface area contributed by atoms with E-state index < -0.39 is 0 Å². The second-order valence-corrected chi connectivity index (χ2v) is 6.81. The van der Waals surface area contributed by atoms with Crippen LogP contribution in [0.1, 0.15) is 15.9 Å². The number of imide groups is 1. The van der Waals surface area contributed by atoms with Crippen molar-refractivity contribution < 1.29 is 14.4 Å². The van der Waals surface area contributed by atoms with Crippen molar-refractivity contribution in [3.05, 3.63) is 69.8 Å². The van der Waals surface area contributed by atoms with Crippen LogP contribution in [0.3, 0.4) is 0 Å². The van der Waals surface area contributed by atoms with Crippen LogP contribution in [0.4, 0.5) is 4.79 Å². The number of hydrogen-bond acceptors (Lipinski definition) is 5. The first-order valence-corrected chi connectivity index (χ1v) is 8.93. The minimum atomic E-state index is -0.370. The molecule has 1 aliphatic heterocycles. The average Bonchev–Trinajstić information content (AvgIpc) is 2.91. The van der Waals surface area contributed by atoms with E-state index in [1.807, 2.05) is 0 Å². The standard InChI is InChI=1S/C18H14ClN3O3S/c19-14-5-3-12(4-6-14)10-15-17(24)22(18(25)26-15)9-8-21-16(23)13-2-1-7-20-11-13/h1-7,10-11H,8-9H2,(H,21,23). The highest BCUT2D eigenvalue weighted by Crippen LogP contribution is 2.32. The Balaban J connectivity index is 1.59. The Kier molecular flexibility index (Phi) is 5.70. The van der Waals surface area contributed by atoms with Crippen LogP contribution in [0, 0.1) is 0 Å². The van der Waals surface area contributed by atoms with Crippen molar-refractivity contribution in [2.24, 2.45) is 0 Å². The highest BCUT2D eigenvalue weighted by molar-refractivity contribution is 8.18. The number of hydrogen-bond donors (Lipinski definition) is 1. The van der Waals surface area contributed by atoms with Crippen molar-refractivity contribution in [1.29, 1.82) is 0 Å². The van der Waals surface area contributed by atoms with E-state index in [-0.39, 0.29) is 30.1 Å². The molecule has 26 heavy (non-hydrogen) atoms. The quantitative estimate of drug-likeness (QED) is 0.797. The molecule has 2 aromatic rings. The molecule has 0 bridgehead atoms. The first kappa shape index (κ1) is 18.2. The Morgan fingerprint density at radius 2 is 2.00 bits per heavy atom. The van der Waals surface area contributed by atoms with Gasteiger partial charge in [0.1, 0.15) is 0 Å². The van der Waals surface area contributed by atoms with Crippen LogP contribution in [0.5, 0.6) is 0 Å². The lowest BCUT2D eigenvalue weighted by Gasteiger charge is -2.12. The molecule has 0 saturated carbocycles. The molecule has 6 nitrogen and oxygen atoms in total. The lowest BCUT2D eigenvalue weighted by Crippen LogP contribution is -2.37. The lowest BCUT2D eigenvalue weighted by molar-refractivity contribution is -0.122. The molecule has 2 heterocycles. The predicted octanol–water partition coefficient (Wildman–Crippen LogP) is 3.20. The maximum Gasteiger partial charge on any atom is 0.293 e. The summed E-state index contributed by atoms with van der Waals surface area (Å²) in [7, 11) is 0. The zero-order valence-electron chi connectivity index (χ0n) is 13.5. The van der Waals surface area contributed by atoms with E-state index in [1.54, 1.807) is 48.7 Å². The molecule has 0 aliphatic carbocycles. The fourth-order valence-corrected chi connectivity index (χ4v) is 3.27. The Morgan fingerprint density at radius 3 is 2.69 bits per heavy atom. The number of halogens is 1. The van der Waals surface area contributed by atoms with Gasteiger partial charge in [0.25, 0.3) is 17.1 Å². The van der Waals surface area contributed by atoms with Gasteiger partial charge in [-0.05, 0) is 47.7 Å². The molecule has 0 spiro atoms. The summed E-state index contributed by atoms with van der Waals surface area (Å²) in [4.78, 5) is 41.8. The van der Waals surface area contributed by atoms with Crippen molar-refractivity contribution in [3.63, 3.8) is 0 Å². The Labute approximate surface area is 159 Å². The summed E-state index contributed by atoms with van der Waals surface area (Å²) >= 11 is 6.72. The number of carbonyl (C=O) groups is 3. The SMILES string of the molecule is O=C(NCCN1C(=O)SC(=Cc2ccc(Cl)cc2)C1=O)c1cccnc1. The molecule has 8 heteroatoms. The summed E-state index contributed by atoms with van der Waals surface area (Å²) in [6.07, 6.45) is 4.67. The van der Waals surface area contributed by atoms with E-state index in [0.717, 1.165) is 22.2 Å². The Hall–Kier alpha value is -2.64. The van der Waals surface area contributed by atoms with Gasteiger partial charge < -0.3 is 5.32 Å². The normalized spacial score (nSPS) is 15.6. The number of carbonyl (C=O) groups excluding carboxylic acids is 3. The molecule has 3 rings (SSSR count). The van der Waals surface area contributed by atoms with Gasteiger partial charge in [0.2, 0.25) is 0 Å². The van der Waals surface area contributed by atoms with Gasteiger partial charge in [0.15, 0.2) is 0 Å². The zero-order valence-corrected chi connectivity index (χ0v) is 15.1. The molecule has 1 aliphatic rings. The van der Waals surface area contributed by atoms with E-state index in [4.69, 9.17) is 11.6 Å². The molecule has 132 valence electrons. The monoisotopic (exact) mass is 387 g/mol. The number of rotatable bonds is 5. The molecule has 1 N–H and O–H groups in total. The van der Waals surface area contributed by atoms with Gasteiger partial charge >= 0.3 is 0 Å². The third-order valence-electron chi connectivity index (χ3n) is 3.59. The topological polar surface area (TPSA) is 79.4 Å². The third-order valence-corrected chi connectivity index (χ3v) is 4.75. The summed E-state index contributed by atoms with van der Waals surface area (Å²) in [5.74, 6) is -0.674. The molecule has 3 amide bonds. The minimum Gasteiger partial charge on any atom is -0.350 e. The number of nitrogens with one attached hydrogen (secondary N) is 1. The summed E-state index contributed by atoms with van der Waals surface area (Å²) in [6.45, 7) is 0.272. The van der Waals surface area contributed by atoms with Crippen molar-refractivity contribution >= 4 is 46.5 Å². The van der Waals surface area contributed by atoms with Gasteiger partial charge in [-0.1, -0.05) is 23.7 Å². The van der Waals surface area contributed by atoms with Crippen molar-refractivity contribution in [2.75, 3.05) is 13.1 Å². The average molecular weight is 388 g/mol. The summed E-state index contributed by atoms with van der Waals surface area (Å²) < 4.78 is 0. The fraction of sp³-hybridized carbons (Fsp3) is 0.111. The lowest BCUT2D eigenvalue weighted by atomic mass is 10.2. The number of nitrogens with zero attached hydrogens (tertiary/aromatic N) is 2. The van der Waals surface area contributed by atoms with E-state index in [9.17, 15) is 14.4 Å². The second-order valence-electron chi connectivity index (χ2n) is 5.38. The van der Waals surface area contributed by atoms with Gasteiger partial charge in [-0.15, -0.1) is 0 Å².